The topological polar surface area (TPSA) is 101 Å². The summed E-state index contributed by atoms with van der Waals surface area (Å²) in [6, 6.07) is 13.2. The molecule has 1 aliphatic rings. The maximum atomic E-state index is 12.0. The standard InChI is InChI=1S/C26H36N2O6/c1-26(2)33-17-22(34-26)16-32-20-11-8-18(9-12-20)6-5-7-23(25(27)29)28-15-19-10-13-21(30-3)14-24(19)31-4/h8-14,22-23,28H,5-7,15-17H2,1-4H3,(H2,27,29)/t22-,23?/m0/s1. The first-order chi connectivity index (χ1) is 16.3. The molecule has 186 valence electrons. The van der Waals surface area contributed by atoms with Gasteiger partial charge in [-0.2, -0.15) is 0 Å². The Morgan fingerprint density at radius 1 is 1.15 bits per heavy atom. The molecule has 2 atom stereocenters. The van der Waals surface area contributed by atoms with Crippen molar-refractivity contribution < 1.29 is 28.5 Å². The van der Waals surface area contributed by atoms with Crippen LogP contribution in [0.1, 0.15) is 37.8 Å². The molecule has 1 unspecified atom stereocenters. The van der Waals surface area contributed by atoms with Gasteiger partial charge in [0.2, 0.25) is 5.91 Å². The highest BCUT2D eigenvalue weighted by Gasteiger charge is 2.32. The Balaban J connectivity index is 1.43. The summed E-state index contributed by atoms with van der Waals surface area (Å²) < 4.78 is 27.8. The van der Waals surface area contributed by atoms with Crippen LogP contribution < -0.4 is 25.3 Å². The van der Waals surface area contributed by atoms with Crippen molar-refractivity contribution in [1.29, 1.82) is 0 Å². The Labute approximate surface area is 201 Å². The molecule has 2 aromatic carbocycles. The van der Waals surface area contributed by atoms with Gasteiger partial charge in [0.25, 0.3) is 0 Å². The fourth-order valence-electron chi connectivity index (χ4n) is 3.87. The number of rotatable bonds is 13. The van der Waals surface area contributed by atoms with Gasteiger partial charge in [-0.3, -0.25) is 4.79 Å². The third-order valence-electron chi connectivity index (χ3n) is 5.76. The number of primary amides is 1. The van der Waals surface area contributed by atoms with Crippen LogP contribution in [0.5, 0.6) is 17.2 Å². The van der Waals surface area contributed by atoms with Crippen molar-refractivity contribution in [2.45, 2.75) is 57.6 Å². The second-order valence-electron chi connectivity index (χ2n) is 8.81. The van der Waals surface area contributed by atoms with Crippen molar-refractivity contribution in [3.8, 4) is 17.2 Å². The Morgan fingerprint density at radius 2 is 1.88 bits per heavy atom. The third kappa shape index (κ3) is 7.62. The third-order valence-corrected chi connectivity index (χ3v) is 5.76. The zero-order chi connectivity index (χ0) is 24.6. The number of nitrogens with one attached hydrogen (secondary N) is 1. The number of amides is 1. The van der Waals surface area contributed by atoms with Crippen molar-refractivity contribution in [2.24, 2.45) is 5.73 Å². The number of carbonyl (C=O) groups is 1. The average molecular weight is 473 g/mol. The SMILES string of the molecule is COc1ccc(CNC(CCCc2ccc(OC[C@H]3COC(C)(C)O3)cc2)C(N)=O)c(OC)c1. The highest BCUT2D eigenvalue weighted by molar-refractivity contribution is 5.79. The molecule has 0 radical (unpaired) electrons. The van der Waals surface area contributed by atoms with Crippen molar-refractivity contribution in [1.82, 2.24) is 5.32 Å². The van der Waals surface area contributed by atoms with Gasteiger partial charge < -0.3 is 34.7 Å². The minimum Gasteiger partial charge on any atom is -0.497 e. The van der Waals surface area contributed by atoms with Crippen LogP contribution >= 0.6 is 0 Å². The molecule has 8 heteroatoms. The van der Waals surface area contributed by atoms with Crippen molar-refractivity contribution >= 4 is 5.91 Å². The molecule has 0 aromatic heterocycles. The summed E-state index contributed by atoms with van der Waals surface area (Å²) in [5, 5.41) is 3.25. The molecule has 3 rings (SSSR count). The van der Waals surface area contributed by atoms with Gasteiger partial charge in [0.05, 0.1) is 26.9 Å². The number of hydrogen-bond acceptors (Lipinski definition) is 7. The normalized spacial score (nSPS) is 17.8. The van der Waals surface area contributed by atoms with E-state index in [9.17, 15) is 4.79 Å². The largest absolute Gasteiger partial charge is 0.497 e. The van der Waals surface area contributed by atoms with Crippen LogP contribution in [0.2, 0.25) is 0 Å². The van der Waals surface area contributed by atoms with Crippen LogP contribution in [-0.2, 0) is 27.2 Å². The van der Waals surface area contributed by atoms with E-state index in [1.54, 1.807) is 14.2 Å². The van der Waals surface area contributed by atoms with Crippen molar-refractivity contribution in [3.05, 3.63) is 53.6 Å². The number of ether oxygens (including phenoxy) is 5. The second kappa shape index (κ2) is 12.1. The van der Waals surface area contributed by atoms with E-state index in [2.05, 4.69) is 5.32 Å². The number of hydrogen-bond donors (Lipinski definition) is 2. The van der Waals surface area contributed by atoms with E-state index >= 15 is 0 Å². The quantitative estimate of drug-likeness (QED) is 0.462. The lowest BCUT2D eigenvalue weighted by Gasteiger charge is -2.17. The number of aryl methyl sites for hydroxylation is 1. The lowest BCUT2D eigenvalue weighted by molar-refractivity contribution is -0.141. The Morgan fingerprint density at radius 3 is 2.50 bits per heavy atom. The fraction of sp³-hybridized carbons (Fsp3) is 0.500. The molecule has 3 N–H and O–H groups in total. The molecule has 2 aromatic rings. The van der Waals surface area contributed by atoms with E-state index in [1.807, 2.05) is 56.3 Å². The summed E-state index contributed by atoms with van der Waals surface area (Å²) >= 11 is 0. The Hall–Kier alpha value is -2.81. The molecule has 8 nitrogen and oxygen atoms in total. The molecule has 0 bridgehead atoms. The molecule has 1 aliphatic heterocycles. The van der Waals surface area contributed by atoms with E-state index in [0.29, 0.717) is 37.7 Å². The summed E-state index contributed by atoms with van der Waals surface area (Å²) in [7, 11) is 3.22. The van der Waals surface area contributed by atoms with Crippen LogP contribution in [0, 0.1) is 0 Å². The Kier molecular flexibility index (Phi) is 9.15. The van der Waals surface area contributed by atoms with Gasteiger partial charge in [-0.15, -0.1) is 0 Å². The summed E-state index contributed by atoms with van der Waals surface area (Å²) in [4.78, 5) is 12.0. The van der Waals surface area contributed by atoms with Gasteiger partial charge in [-0.05, 0) is 56.9 Å². The highest BCUT2D eigenvalue weighted by Crippen LogP contribution is 2.25. The van der Waals surface area contributed by atoms with Crippen LogP contribution in [0.3, 0.4) is 0 Å². The molecule has 0 spiro atoms. The molecule has 1 heterocycles. The maximum absolute atomic E-state index is 12.0. The zero-order valence-electron chi connectivity index (χ0n) is 20.5. The Bertz CT molecular complexity index is 931. The highest BCUT2D eigenvalue weighted by atomic mass is 16.7. The zero-order valence-corrected chi connectivity index (χ0v) is 20.5. The molecular weight excluding hydrogens is 436 g/mol. The lowest BCUT2D eigenvalue weighted by Crippen LogP contribution is -2.41. The monoisotopic (exact) mass is 472 g/mol. The molecule has 1 amide bonds. The number of methoxy groups -OCH3 is 2. The van der Waals surface area contributed by atoms with E-state index in [4.69, 9.17) is 29.4 Å². The van der Waals surface area contributed by atoms with E-state index in [1.165, 1.54) is 5.56 Å². The minimum absolute atomic E-state index is 0.0641. The summed E-state index contributed by atoms with van der Waals surface area (Å²) in [5.74, 6) is 1.30. The summed E-state index contributed by atoms with van der Waals surface area (Å²) in [5.41, 5.74) is 7.74. The van der Waals surface area contributed by atoms with Gasteiger partial charge in [-0.25, -0.2) is 0 Å². The lowest BCUT2D eigenvalue weighted by atomic mass is 10.0. The first-order valence-corrected chi connectivity index (χ1v) is 11.6. The smallest absolute Gasteiger partial charge is 0.234 e. The molecule has 34 heavy (non-hydrogen) atoms. The van der Waals surface area contributed by atoms with Crippen LogP contribution in [0.4, 0.5) is 0 Å². The molecule has 1 saturated heterocycles. The summed E-state index contributed by atoms with van der Waals surface area (Å²) in [6.07, 6.45) is 2.24. The second-order valence-corrected chi connectivity index (χ2v) is 8.81. The molecule has 0 saturated carbocycles. The van der Waals surface area contributed by atoms with Gasteiger partial charge >= 0.3 is 0 Å². The predicted molar refractivity (Wildman–Crippen MR) is 129 cm³/mol. The predicted octanol–water partition coefficient (Wildman–Crippen LogP) is 3.20. The fourth-order valence-corrected chi connectivity index (χ4v) is 3.87. The van der Waals surface area contributed by atoms with E-state index in [-0.39, 0.29) is 12.0 Å². The number of carbonyl (C=O) groups excluding carboxylic acids is 1. The van der Waals surface area contributed by atoms with Gasteiger partial charge in [0.1, 0.15) is 30.0 Å². The van der Waals surface area contributed by atoms with Gasteiger partial charge in [0, 0.05) is 18.2 Å². The van der Waals surface area contributed by atoms with Gasteiger partial charge in [-0.1, -0.05) is 18.2 Å². The first-order valence-electron chi connectivity index (χ1n) is 11.6. The van der Waals surface area contributed by atoms with Gasteiger partial charge in [0.15, 0.2) is 5.79 Å². The molecule has 1 fully saturated rings. The molecular formula is C26H36N2O6. The van der Waals surface area contributed by atoms with E-state index < -0.39 is 11.8 Å². The summed E-state index contributed by atoms with van der Waals surface area (Å²) in [6.45, 7) is 5.25. The first kappa shape index (κ1) is 25.8. The van der Waals surface area contributed by atoms with Crippen molar-refractivity contribution in [2.75, 3.05) is 27.4 Å². The number of nitrogens with two attached hydrogens (primary N) is 1. The van der Waals surface area contributed by atoms with Crippen molar-refractivity contribution in [3.63, 3.8) is 0 Å². The minimum atomic E-state index is -0.545. The van der Waals surface area contributed by atoms with E-state index in [0.717, 1.165) is 24.2 Å². The molecule has 0 aliphatic carbocycles. The van der Waals surface area contributed by atoms with Crippen LogP contribution in [-0.4, -0.2) is 51.3 Å². The van der Waals surface area contributed by atoms with Crippen LogP contribution in [0.15, 0.2) is 42.5 Å². The van der Waals surface area contributed by atoms with Crippen LogP contribution in [0.25, 0.3) is 0 Å². The maximum Gasteiger partial charge on any atom is 0.234 e. The number of benzene rings is 2. The average Bonchev–Trinajstić information content (AvgIpc) is 3.18.